The van der Waals surface area contributed by atoms with Gasteiger partial charge in [-0.1, -0.05) is 16.9 Å². The second kappa shape index (κ2) is 6.18. The lowest BCUT2D eigenvalue weighted by Gasteiger charge is -2.12. The molecule has 1 aliphatic carbocycles. The highest BCUT2D eigenvalue weighted by Crippen LogP contribution is 2.19. The Bertz CT molecular complexity index is 383. The first-order chi connectivity index (χ1) is 8.34. The summed E-state index contributed by atoms with van der Waals surface area (Å²) in [6.45, 7) is 0.971. The van der Waals surface area contributed by atoms with Crippen LogP contribution in [0.2, 0.25) is 0 Å². The van der Waals surface area contributed by atoms with Crippen molar-refractivity contribution in [1.29, 1.82) is 0 Å². The number of carbonyl (C=O) groups is 1. The molecule has 1 aromatic rings. The third-order valence-corrected chi connectivity index (χ3v) is 2.93. The molecule has 0 aliphatic heterocycles. The quantitative estimate of drug-likeness (QED) is 0.781. The Labute approximate surface area is 101 Å². The van der Waals surface area contributed by atoms with E-state index >= 15 is 0 Å². The number of carbonyl (C=O) groups excluding carboxylic acids is 1. The van der Waals surface area contributed by atoms with Crippen LogP contribution in [0.3, 0.4) is 0 Å². The van der Waals surface area contributed by atoms with E-state index in [1.54, 1.807) is 12.4 Å². The van der Waals surface area contributed by atoms with Crippen molar-refractivity contribution in [2.75, 3.05) is 6.54 Å². The molecule has 5 nitrogen and oxygen atoms in total. The van der Waals surface area contributed by atoms with Crippen LogP contribution >= 0.6 is 0 Å². The van der Waals surface area contributed by atoms with Crippen LogP contribution in [-0.4, -0.2) is 27.4 Å². The molecule has 1 N–H and O–H groups in total. The Hall–Kier alpha value is -1.65. The highest BCUT2D eigenvalue weighted by molar-refractivity contribution is 5.75. The van der Waals surface area contributed by atoms with Gasteiger partial charge in [-0.05, 0) is 32.1 Å². The Morgan fingerprint density at radius 1 is 1.47 bits per heavy atom. The van der Waals surface area contributed by atoms with E-state index in [9.17, 15) is 4.79 Å². The SMILES string of the molecule is O=C(Cn1ccnn1)NCCC1=CCCCC1. The first-order valence-electron chi connectivity index (χ1n) is 6.13. The normalized spacial score (nSPS) is 15.4. The summed E-state index contributed by atoms with van der Waals surface area (Å²) >= 11 is 0. The van der Waals surface area contributed by atoms with Crippen molar-refractivity contribution in [3.8, 4) is 0 Å². The monoisotopic (exact) mass is 234 g/mol. The van der Waals surface area contributed by atoms with Gasteiger partial charge >= 0.3 is 0 Å². The van der Waals surface area contributed by atoms with E-state index in [0.717, 1.165) is 13.0 Å². The second-order valence-corrected chi connectivity index (χ2v) is 4.31. The van der Waals surface area contributed by atoms with Crippen molar-refractivity contribution in [1.82, 2.24) is 20.3 Å². The van der Waals surface area contributed by atoms with Gasteiger partial charge in [-0.2, -0.15) is 0 Å². The maximum Gasteiger partial charge on any atom is 0.241 e. The lowest BCUT2D eigenvalue weighted by atomic mass is 9.97. The summed E-state index contributed by atoms with van der Waals surface area (Å²) in [6.07, 6.45) is 11.5. The maximum absolute atomic E-state index is 11.5. The zero-order chi connectivity index (χ0) is 11.9. The van der Waals surface area contributed by atoms with Gasteiger partial charge in [0.15, 0.2) is 0 Å². The Balaban J connectivity index is 1.64. The van der Waals surface area contributed by atoms with Gasteiger partial charge in [0.1, 0.15) is 6.54 Å². The van der Waals surface area contributed by atoms with Gasteiger partial charge in [-0.25, -0.2) is 4.68 Å². The minimum Gasteiger partial charge on any atom is -0.354 e. The van der Waals surface area contributed by atoms with E-state index in [-0.39, 0.29) is 12.5 Å². The van der Waals surface area contributed by atoms with Gasteiger partial charge in [-0.15, -0.1) is 5.10 Å². The lowest BCUT2D eigenvalue weighted by Crippen LogP contribution is -2.29. The number of rotatable bonds is 5. The largest absolute Gasteiger partial charge is 0.354 e. The van der Waals surface area contributed by atoms with E-state index in [1.807, 2.05) is 0 Å². The Morgan fingerprint density at radius 3 is 3.12 bits per heavy atom. The zero-order valence-corrected chi connectivity index (χ0v) is 9.93. The van der Waals surface area contributed by atoms with Crippen molar-refractivity contribution in [2.24, 2.45) is 0 Å². The van der Waals surface area contributed by atoms with Crippen LogP contribution in [0.5, 0.6) is 0 Å². The predicted molar refractivity (Wildman–Crippen MR) is 64.2 cm³/mol. The van der Waals surface area contributed by atoms with Gasteiger partial charge in [0, 0.05) is 12.7 Å². The molecule has 0 radical (unpaired) electrons. The minimum atomic E-state index is -0.00749. The molecule has 0 spiro atoms. The molecule has 1 aliphatic rings. The summed E-state index contributed by atoms with van der Waals surface area (Å²) in [5, 5.41) is 10.3. The van der Waals surface area contributed by atoms with E-state index in [1.165, 1.54) is 35.9 Å². The molecule has 0 aromatic carbocycles. The fraction of sp³-hybridized carbons (Fsp3) is 0.583. The molecule has 0 saturated carbocycles. The first kappa shape index (κ1) is 11.8. The predicted octanol–water partition coefficient (Wildman–Crippen LogP) is 1.28. The number of allylic oxidation sites excluding steroid dienone is 1. The number of hydrogen-bond donors (Lipinski definition) is 1. The molecule has 0 unspecified atom stereocenters. The van der Waals surface area contributed by atoms with Crippen LogP contribution in [0.1, 0.15) is 32.1 Å². The lowest BCUT2D eigenvalue weighted by molar-refractivity contribution is -0.121. The summed E-state index contributed by atoms with van der Waals surface area (Å²) in [6, 6.07) is 0. The molecule has 0 bridgehead atoms. The Morgan fingerprint density at radius 2 is 2.41 bits per heavy atom. The molecular formula is C12H18N4O. The zero-order valence-electron chi connectivity index (χ0n) is 9.93. The molecule has 1 heterocycles. The van der Waals surface area contributed by atoms with Crippen LogP contribution in [0.25, 0.3) is 0 Å². The van der Waals surface area contributed by atoms with Crippen LogP contribution in [-0.2, 0) is 11.3 Å². The average Bonchev–Trinajstić information content (AvgIpc) is 2.83. The number of amides is 1. The van der Waals surface area contributed by atoms with Gasteiger partial charge in [-0.3, -0.25) is 4.79 Å². The van der Waals surface area contributed by atoms with Crippen molar-refractivity contribution in [3.63, 3.8) is 0 Å². The fourth-order valence-electron chi connectivity index (χ4n) is 2.01. The maximum atomic E-state index is 11.5. The molecule has 0 saturated heterocycles. The summed E-state index contributed by atoms with van der Waals surface area (Å²) in [4.78, 5) is 11.5. The van der Waals surface area contributed by atoms with Gasteiger partial charge < -0.3 is 5.32 Å². The van der Waals surface area contributed by atoms with Crippen molar-refractivity contribution < 1.29 is 4.79 Å². The van der Waals surface area contributed by atoms with Crippen LogP contribution in [0, 0.1) is 0 Å². The molecule has 0 fully saturated rings. The summed E-state index contributed by atoms with van der Waals surface area (Å²) in [5.74, 6) is -0.00749. The average molecular weight is 234 g/mol. The summed E-state index contributed by atoms with van der Waals surface area (Å²) in [5.41, 5.74) is 1.48. The summed E-state index contributed by atoms with van der Waals surface area (Å²) < 4.78 is 1.52. The first-order valence-corrected chi connectivity index (χ1v) is 6.13. The number of hydrogen-bond acceptors (Lipinski definition) is 3. The van der Waals surface area contributed by atoms with Crippen LogP contribution in [0.4, 0.5) is 0 Å². The Kier molecular flexibility index (Phi) is 4.30. The van der Waals surface area contributed by atoms with Gasteiger partial charge in [0.2, 0.25) is 5.91 Å². The van der Waals surface area contributed by atoms with E-state index in [2.05, 4.69) is 21.7 Å². The van der Waals surface area contributed by atoms with Crippen molar-refractivity contribution >= 4 is 5.91 Å². The van der Waals surface area contributed by atoms with E-state index in [4.69, 9.17) is 0 Å². The fourth-order valence-corrected chi connectivity index (χ4v) is 2.01. The molecule has 2 rings (SSSR count). The van der Waals surface area contributed by atoms with Crippen molar-refractivity contribution in [3.05, 3.63) is 24.0 Å². The third-order valence-electron chi connectivity index (χ3n) is 2.93. The molecular weight excluding hydrogens is 216 g/mol. The molecule has 92 valence electrons. The van der Waals surface area contributed by atoms with Crippen LogP contribution in [0.15, 0.2) is 24.0 Å². The molecule has 1 aromatic heterocycles. The topological polar surface area (TPSA) is 59.8 Å². The highest BCUT2D eigenvalue weighted by atomic mass is 16.2. The summed E-state index contributed by atoms with van der Waals surface area (Å²) in [7, 11) is 0. The minimum absolute atomic E-state index is 0.00749. The third kappa shape index (κ3) is 4.01. The van der Waals surface area contributed by atoms with Crippen LogP contribution < -0.4 is 5.32 Å². The van der Waals surface area contributed by atoms with E-state index < -0.39 is 0 Å². The molecule has 0 atom stereocenters. The van der Waals surface area contributed by atoms with E-state index in [0.29, 0.717) is 0 Å². The van der Waals surface area contributed by atoms with Gasteiger partial charge in [0.25, 0.3) is 0 Å². The number of aromatic nitrogens is 3. The standard InChI is InChI=1S/C12H18N4O/c17-12(10-16-9-8-14-15-16)13-7-6-11-4-2-1-3-5-11/h4,8-9H,1-3,5-7,10H2,(H,13,17). The number of nitrogens with zero attached hydrogens (tertiary/aromatic N) is 3. The molecule has 17 heavy (non-hydrogen) atoms. The number of nitrogens with one attached hydrogen (secondary N) is 1. The molecule has 1 amide bonds. The van der Waals surface area contributed by atoms with Crippen molar-refractivity contribution in [2.45, 2.75) is 38.6 Å². The highest BCUT2D eigenvalue weighted by Gasteiger charge is 2.05. The second-order valence-electron chi connectivity index (χ2n) is 4.31. The molecule has 5 heteroatoms. The smallest absolute Gasteiger partial charge is 0.241 e. The van der Waals surface area contributed by atoms with Gasteiger partial charge in [0.05, 0.1) is 6.20 Å².